The number of carbonyl (C=O) groups is 1. The molecule has 0 bridgehead atoms. The van der Waals surface area contributed by atoms with Crippen LogP contribution in [0.3, 0.4) is 0 Å². The summed E-state index contributed by atoms with van der Waals surface area (Å²) in [4.78, 5) is 15.2. The van der Waals surface area contributed by atoms with Crippen molar-refractivity contribution in [2.24, 2.45) is 0 Å². The summed E-state index contributed by atoms with van der Waals surface area (Å²) in [7, 11) is -3.36. The van der Waals surface area contributed by atoms with Crippen molar-refractivity contribution < 1.29 is 17.9 Å². The quantitative estimate of drug-likeness (QED) is 0.577. The molecule has 0 atom stereocenters. The molecule has 0 fully saturated rings. The van der Waals surface area contributed by atoms with E-state index in [1.807, 2.05) is 49.4 Å². The number of benzene rings is 3. The maximum absolute atomic E-state index is 13.2. The van der Waals surface area contributed by atoms with Crippen LogP contribution in [0.25, 0.3) is 11.1 Å². The summed E-state index contributed by atoms with van der Waals surface area (Å²) < 4.78 is 30.8. The van der Waals surface area contributed by atoms with Crippen LogP contribution in [0.15, 0.2) is 77.7 Å². The van der Waals surface area contributed by atoms with E-state index in [1.165, 1.54) is 5.56 Å². The first-order chi connectivity index (χ1) is 14.9. The SMILES string of the molecule is Cc1ccc(-c2ccc3c(c2)C(=O)N(CCCS(=O)(=O)c2ccccc2)CCO3)cc1. The molecule has 1 amide bonds. The van der Waals surface area contributed by atoms with E-state index in [4.69, 9.17) is 4.74 Å². The van der Waals surface area contributed by atoms with Crippen LogP contribution in [0.5, 0.6) is 5.75 Å². The van der Waals surface area contributed by atoms with E-state index in [-0.39, 0.29) is 11.7 Å². The second-order valence-electron chi connectivity index (χ2n) is 7.70. The zero-order chi connectivity index (χ0) is 21.8. The van der Waals surface area contributed by atoms with Gasteiger partial charge in [0.1, 0.15) is 12.4 Å². The van der Waals surface area contributed by atoms with Crippen LogP contribution in [0, 0.1) is 6.92 Å². The molecule has 0 N–H and O–H groups in total. The number of carbonyl (C=O) groups excluding carboxylic acids is 1. The topological polar surface area (TPSA) is 63.7 Å². The van der Waals surface area contributed by atoms with E-state index in [0.29, 0.717) is 42.3 Å². The van der Waals surface area contributed by atoms with Gasteiger partial charge in [-0.1, -0.05) is 54.1 Å². The molecular formula is C25H25NO4S. The Labute approximate surface area is 183 Å². The lowest BCUT2D eigenvalue weighted by molar-refractivity contribution is 0.0756. The molecule has 0 aliphatic carbocycles. The first-order valence-corrected chi connectivity index (χ1v) is 12.0. The second kappa shape index (κ2) is 8.94. The van der Waals surface area contributed by atoms with Crippen LogP contribution in [0.1, 0.15) is 22.3 Å². The second-order valence-corrected chi connectivity index (χ2v) is 9.81. The zero-order valence-corrected chi connectivity index (χ0v) is 18.3. The van der Waals surface area contributed by atoms with Crippen molar-refractivity contribution in [2.45, 2.75) is 18.2 Å². The van der Waals surface area contributed by atoms with Gasteiger partial charge < -0.3 is 9.64 Å². The molecule has 0 radical (unpaired) electrons. The average Bonchev–Trinajstić information content (AvgIpc) is 2.93. The van der Waals surface area contributed by atoms with E-state index >= 15 is 0 Å². The predicted octanol–water partition coefficient (Wildman–Crippen LogP) is 4.36. The van der Waals surface area contributed by atoms with E-state index < -0.39 is 9.84 Å². The molecule has 31 heavy (non-hydrogen) atoms. The van der Waals surface area contributed by atoms with E-state index in [1.54, 1.807) is 35.2 Å². The first-order valence-electron chi connectivity index (χ1n) is 10.3. The van der Waals surface area contributed by atoms with Gasteiger partial charge in [-0.3, -0.25) is 4.79 Å². The molecule has 5 nitrogen and oxygen atoms in total. The lowest BCUT2D eigenvalue weighted by Crippen LogP contribution is -2.34. The molecule has 0 saturated heterocycles. The van der Waals surface area contributed by atoms with E-state index in [9.17, 15) is 13.2 Å². The van der Waals surface area contributed by atoms with Crippen LogP contribution in [-0.2, 0) is 9.84 Å². The van der Waals surface area contributed by atoms with Crippen LogP contribution < -0.4 is 4.74 Å². The first kappa shape index (κ1) is 21.1. The molecule has 3 aromatic carbocycles. The highest BCUT2D eigenvalue weighted by Gasteiger charge is 2.24. The molecule has 1 heterocycles. The van der Waals surface area contributed by atoms with Gasteiger partial charge in [0.05, 0.1) is 22.8 Å². The highest BCUT2D eigenvalue weighted by molar-refractivity contribution is 7.91. The minimum atomic E-state index is -3.36. The Kier molecular flexibility index (Phi) is 6.09. The van der Waals surface area contributed by atoms with Gasteiger partial charge in [0.25, 0.3) is 5.91 Å². The highest BCUT2D eigenvalue weighted by Crippen LogP contribution is 2.29. The van der Waals surface area contributed by atoms with E-state index in [0.717, 1.165) is 11.1 Å². The van der Waals surface area contributed by atoms with Gasteiger partial charge in [-0.25, -0.2) is 8.42 Å². The van der Waals surface area contributed by atoms with Crippen molar-refractivity contribution in [3.63, 3.8) is 0 Å². The third-order valence-electron chi connectivity index (χ3n) is 5.44. The Hall–Kier alpha value is -3.12. The molecule has 0 aromatic heterocycles. The van der Waals surface area contributed by atoms with Gasteiger partial charge in [-0.2, -0.15) is 0 Å². The highest BCUT2D eigenvalue weighted by atomic mass is 32.2. The lowest BCUT2D eigenvalue weighted by atomic mass is 10.0. The molecule has 1 aliphatic heterocycles. The normalized spacial score (nSPS) is 14.0. The fourth-order valence-corrected chi connectivity index (χ4v) is 5.01. The maximum Gasteiger partial charge on any atom is 0.257 e. The predicted molar refractivity (Wildman–Crippen MR) is 121 cm³/mol. The van der Waals surface area contributed by atoms with Crippen LogP contribution >= 0.6 is 0 Å². The minimum Gasteiger partial charge on any atom is -0.491 e. The molecule has 0 spiro atoms. The summed E-state index contributed by atoms with van der Waals surface area (Å²) in [5.41, 5.74) is 3.67. The smallest absolute Gasteiger partial charge is 0.257 e. The molecule has 0 unspecified atom stereocenters. The van der Waals surface area contributed by atoms with Crippen molar-refractivity contribution >= 4 is 15.7 Å². The average molecular weight is 436 g/mol. The lowest BCUT2D eigenvalue weighted by Gasteiger charge is -2.20. The van der Waals surface area contributed by atoms with Crippen molar-refractivity contribution in [3.8, 4) is 16.9 Å². The Balaban J connectivity index is 1.49. The molecular weight excluding hydrogens is 410 g/mol. The number of rotatable bonds is 6. The van der Waals surface area contributed by atoms with Crippen molar-refractivity contribution in [1.82, 2.24) is 4.90 Å². The Bertz CT molecular complexity index is 1170. The van der Waals surface area contributed by atoms with Crippen molar-refractivity contribution in [3.05, 3.63) is 83.9 Å². The third kappa shape index (κ3) is 4.80. The summed E-state index contributed by atoms with van der Waals surface area (Å²) in [5, 5.41) is 0. The summed E-state index contributed by atoms with van der Waals surface area (Å²) in [6, 6.07) is 22.2. The molecule has 1 aliphatic rings. The Morgan fingerprint density at radius 1 is 0.935 bits per heavy atom. The summed E-state index contributed by atoms with van der Waals surface area (Å²) in [6.07, 6.45) is 0.371. The molecule has 4 rings (SSSR count). The number of amides is 1. The molecule has 6 heteroatoms. The third-order valence-corrected chi connectivity index (χ3v) is 7.26. The molecule has 160 valence electrons. The summed E-state index contributed by atoms with van der Waals surface area (Å²) >= 11 is 0. The maximum atomic E-state index is 13.2. The minimum absolute atomic E-state index is 0.00207. The Morgan fingerprint density at radius 2 is 1.65 bits per heavy atom. The van der Waals surface area contributed by atoms with Gasteiger partial charge in [-0.05, 0) is 48.7 Å². The zero-order valence-electron chi connectivity index (χ0n) is 17.5. The number of hydrogen-bond donors (Lipinski definition) is 0. The number of sulfone groups is 1. The largest absolute Gasteiger partial charge is 0.491 e. The van der Waals surface area contributed by atoms with Gasteiger partial charge in [0.15, 0.2) is 9.84 Å². The van der Waals surface area contributed by atoms with E-state index in [2.05, 4.69) is 0 Å². The van der Waals surface area contributed by atoms with Crippen molar-refractivity contribution in [2.75, 3.05) is 25.4 Å². The Morgan fingerprint density at radius 3 is 2.39 bits per heavy atom. The van der Waals surface area contributed by atoms with Gasteiger partial charge in [-0.15, -0.1) is 0 Å². The summed E-state index contributed by atoms with van der Waals surface area (Å²) in [6.45, 7) is 3.21. The number of ether oxygens (including phenoxy) is 1. The summed E-state index contributed by atoms with van der Waals surface area (Å²) in [5.74, 6) is 0.441. The van der Waals surface area contributed by atoms with Crippen molar-refractivity contribution in [1.29, 1.82) is 0 Å². The van der Waals surface area contributed by atoms with Crippen LogP contribution in [0.4, 0.5) is 0 Å². The fourth-order valence-electron chi connectivity index (χ4n) is 3.69. The molecule has 3 aromatic rings. The number of nitrogens with zero attached hydrogens (tertiary/aromatic N) is 1. The number of hydrogen-bond acceptors (Lipinski definition) is 4. The van der Waals surface area contributed by atoms with Gasteiger partial charge in [0, 0.05) is 6.54 Å². The van der Waals surface area contributed by atoms with Gasteiger partial charge >= 0.3 is 0 Å². The molecule has 0 saturated carbocycles. The monoisotopic (exact) mass is 435 g/mol. The number of fused-ring (bicyclic) bond motifs is 1. The van der Waals surface area contributed by atoms with Crippen LogP contribution in [-0.4, -0.2) is 44.7 Å². The standard InChI is InChI=1S/C25H25NO4S/c1-19-8-10-20(11-9-19)21-12-13-24-23(18-21)25(27)26(15-16-30-24)14-5-17-31(28,29)22-6-3-2-4-7-22/h2-4,6-13,18H,5,14-17H2,1H3. The van der Waals surface area contributed by atoms with Gasteiger partial charge in [0.2, 0.25) is 0 Å². The van der Waals surface area contributed by atoms with Crippen LogP contribution in [0.2, 0.25) is 0 Å². The number of aryl methyl sites for hydroxylation is 1. The fraction of sp³-hybridized carbons (Fsp3) is 0.240.